The molecule has 1 aliphatic rings. The molecule has 0 amide bonds. The maximum absolute atomic E-state index is 11.3. The van der Waals surface area contributed by atoms with Crippen LogP contribution in [0.15, 0.2) is 18.3 Å². The summed E-state index contributed by atoms with van der Waals surface area (Å²) >= 11 is 0. The van der Waals surface area contributed by atoms with Crippen LogP contribution in [0, 0.1) is 12.8 Å². The Hall–Kier alpha value is -1.42. The summed E-state index contributed by atoms with van der Waals surface area (Å²) in [6, 6.07) is 3.91. The molecule has 1 atom stereocenters. The minimum Gasteiger partial charge on any atom is -0.480 e. The summed E-state index contributed by atoms with van der Waals surface area (Å²) in [6.07, 6.45) is 3.79. The normalized spacial score (nSPS) is 18.7. The monoisotopic (exact) mass is 234 g/mol. The molecule has 2 rings (SSSR count). The first-order valence-electron chi connectivity index (χ1n) is 5.92. The average Bonchev–Trinajstić information content (AvgIpc) is 3.11. The Morgan fingerprint density at radius 2 is 2.29 bits per heavy atom. The molecule has 4 nitrogen and oxygen atoms in total. The minimum absolute atomic E-state index is 0.262. The van der Waals surface area contributed by atoms with E-state index in [1.165, 1.54) is 0 Å². The number of hydrogen-bond acceptors (Lipinski definition) is 3. The third-order valence-electron chi connectivity index (χ3n) is 3.47. The number of carbonyl (C=O) groups is 1. The van der Waals surface area contributed by atoms with Crippen LogP contribution in [0.1, 0.15) is 31.0 Å². The fourth-order valence-electron chi connectivity index (χ4n) is 1.94. The SMILES string of the molecule is Cc1ccc(CNC(C)(C(=O)O)C2CC2)cn1. The highest BCUT2D eigenvalue weighted by Gasteiger charge is 2.47. The van der Waals surface area contributed by atoms with Gasteiger partial charge in [0.25, 0.3) is 0 Å². The molecule has 1 heterocycles. The Morgan fingerprint density at radius 3 is 2.76 bits per heavy atom. The van der Waals surface area contributed by atoms with Gasteiger partial charge in [-0.2, -0.15) is 0 Å². The maximum Gasteiger partial charge on any atom is 0.323 e. The molecule has 1 saturated carbocycles. The van der Waals surface area contributed by atoms with Crippen molar-refractivity contribution >= 4 is 5.97 Å². The zero-order valence-corrected chi connectivity index (χ0v) is 10.2. The number of carboxylic acid groups (broad SMARTS) is 1. The molecule has 1 aromatic rings. The number of rotatable bonds is 5. The van der Waals surface area contributed by atoms with E-state index in [-0.39, 0.29) is 5.92 Å². The molecular weight excluding hydrogens is 216 g/mol. The van der Waals surface area contributed by atoms with Crippen LogP contribution in [0.4, 0.5) is 0 Å². The van der Waals surface area contributed by atoms with Gasteiger partial charge in [0, 0.05) is 18.4 Å². The number of carboxylic acids is 1. The number of aromatic nitrogens is 1. The molecule has 1 fully saturated rings. The number of aliphatic carboxylic acids is 1. The van der Waals surface area contributed by atoms with Gasteiger partial charge < -0.3 is 5.11 Å². The van der Waals surface area contributed by atoms with Gasteiger partial charge in [0.15, 0.2) is 0 Å². The fourth-order valence-corrected chi connectivity index (χ4v) is 1.94. The average molecular weight is 234 g/mol. The molecule has 0 bridgehead atoms. The smallest absolute Gasteiger partial charge is 0.323 e. The topological polar surface area (TPSA) is 62.2 Å². The molecule has 0 aromatic carbocycles. The molecule has 0 aliphatic heterocycles. The van der Waals surface area contributed by atoms with Crippen molar-refractivity contribution in [3.05, 3.63) is 29.6 Å². The van der Waals surface area contributed by atoms with Crippen molar-refractivity contribution in [1.29, 1.82) is 0 Å². The Labute approximate surface area is 101 Å². The second-order valence-electron chi connectivity index (χ2n) is 4.94. The van der Waals surface area contributed by atoms with Gasteiger partial charge in [-0.15, -0.1) is 0 Å². The quantitative estimate of drug-likeness (QED) is 0.814. The van der Waals surface area contributed by atoms with Crippen molar-refractivity contribution in [2.75, 3.05) is 0 Å². The first-order chi connectivity index (χ1) is 8.02. The third kappa shape index (κ3) is 2.64. The molecular formula is C13H18N2O2. The van der Waals surface area contributed by atoms with E-state index in [9.17, 15) is 9.90 Å². The summed E-state index contributed by atoms with van der Waals surface area (Å²) in [6.45, 7) is 4.25. The third-order valence-corrected chi connectivity index (χ3v) is 3.47. The van der Waals surface area contributed by atoms with E-state index in [2.05, 4.69) is 10.3 Å². The largest absolute Gasteiger partial charge is 0.480 e. The summed E-state index contributed by atoms with van der Waals surface area (Å²) in [5.74, 6) is -0.501. The van der Waals surface area contributed by atoms with E-state index < -0.39 is 11.5 Å². The van der Waals surface area contributed by atoms with Crippen LogP contribution in [0.3, 0.4) is 0 Å². The summed E-state index contributed by atoms with van der Waals surface area (Å²) in [4.78, 5) is 15.5. The predicted octanol–water partition coefficient (Wildman–Crippen LogP) is 1.73. The molecule has 4 heteroatoms. The molecule has 0 spiro atoms. The van der Waals surface area contributed by atoms with E-state index in [4.69, 9.17) is 0 Å². The second kappa shape index (κ2) is 4.45. The van der Waals surface area contributed by atoms with E-state index in [0.717, 1.165) is 24.1 Å². The van der Waals surface area contributed by atoms with Crippen LogP contribution in [0.5, 0.6) is 0 Å². The van der Waals surface area contributed by atoms with Gasteiger partial charge in [-0.05, 0) is 44.2 Å². The van der Waals surface area contributed by atoms with Gasteiger partial charge in [-0.25, -0.2) is 0 Å². The first kappa shape index (κ1) is 12.0. The Kier molecular flexibility index (Phi) is 3.15. The molecule has 1 aromatic heterocycles. The van der Waals surface area contributed by atoms with E-state index in [1.54, 1.807) is 13.1 Å². The van der Waals surface area contributed by atoms with Crippen LogP contribution in [-0.2, 0) is 11.3 Å². The van der Waals surface area contributed by atoms with E-state index >= 15 is 0 Å². The number of aryl methyl sites for hydroxylation is 1. The van der Waals surface area contributed by atoms with Crippen LogP contribution in [0.25, 0.3) is 0 Å². The van der Waals surface area contributed by atoms with E-state index in [1.807, 2.05) is 19.1 Å². The van der Waals surface area contributed by atoms with Crippen molar-refractivity contribution in [1.82, 2.24) is 10.3 Å². The molecule has 1 aliphatic carbocycles. The van der Waals surface area contributed by atoms with Gasteiger partial charge in [0.1, 0.15) is 5.54 Å². The summed E-state index contributed by atoms with van der Waals surface area (Å²) < 4.78 is 0. The standard InChI is InChI=1S/C13H18N2O2/c1-9-3-4-10(7-14-9)8-15-13(2,12(16)17)11-5-6-11/h3-4,7,11,15H,5-6,8H2,1-2H3,(H,16,17). The Balaban J connectivity index is 2.00. The van der Waals surface area contributed by atoms with Crippen molar-refractivity contribution in [3.8, 4) is 0 Å². The van der Waals surface area contributed by atoms with Gasteiger partial charge >= 0.3 is 5.97 Å². The number of nitrogens with zero attached hydrogens (tertiary/aromatic N) is 1. The molecule has 17 heavy (non-hydrogen) atoms. The molecule has 0 radical (unpaired) electrons. The number of pyridine rings is 1. The number of nitrogens with one attached hydrogen (secondary N) is 1. The second-order valence-corrected chi connectivity index (χ2v) is 4.94. The van der Waals surface area contributed by atoms with Gasteiger partial charge in [-0.3, -0.25) is 15.1 Å². The molecule has 0 saturated heterocycles. The Morgan fingerprint density at radius 1 is 1.59 bits per heavy atom. The lowest BCUT2D eigenvalue weighted by Gasteiger charge is -2.26. The minimum atomic E-state index is -0.801. The highest BCUT2D eigenvalue weighted by molar-refractivity contribution is 5.79. The molecule has 92 valence electrons. The fraction of sp³-hybridized carbons (Fsp3) is 0.538. The van der Waals surface area contributed by atoms with E-state index in [0.29, 0.717) is 6.54 Å². The summed E-state index contributed by atoms with van der Waals surface area (Å²) in [5.41, 5.74) is 1.19. The summed E-state index contributed by atoms with van der Waals surface area (Å²) in [5, 5.41) is 12.4. The van der Waals surface area contributed by atoms with Crippen LogP contribution in [0.2, 0.25) is 0 Å². The summed E-state index contributed by atoms with van der Waals surface area (Å²) in [7, 11) is 0. The van der Waals surface area contributed by atoms with Crippen molar-refractivity contribution in [2.24, 2.45) is 5.92 Å². The number of hydrogen-bond donors (Lipinski definition) is 2. The Bertz CT molecular complexity index is 412. The maximum atomic E-state index is 11.3. The van der Waals surface area contributed by atoms with Gasteiger partial charge in [0.2, 0.25) is 0 Å². The molecule has 2 N–H and O–H groups in total. The van der Waals surface area contributed by atoms with Crippen molar-refractivity contribution in [2.45, 2.75) is 38.8 Å². The lowest BCUT2D eigenvalue weighted by molar-refractivity contribution is -0.145. The predicted molar refractivity (Wildman–Crippen MR) is 64.6 cm³/mol. The van der Waals surface area contributed by atoms with Crippen LogP contribution in [-0.4, -0.2) is 21.6 Å². The zero-order chi connectivity index (χ0) is 12.5. The van der Waals surface area contributed by atoms with Crippen LogP contribution >= 0.6 is 0 Å². The van der Waals surface area contributed by atoms with Crippen molar-refractivity contribution < 1.29 is 9.90 Å². The highest BCUT2D eigenvalue weighted by Crippen LogP contribution is 2.39. The lowest BCUT2D eigenvalue weighted by Crippen LogP contribution is -2.51. The van der Waals surface area contributed by atoms with Gasteiger partial charge in [0.05, 0.1) is 0 Å². The molecule has 1 unspecified atom stereocenters. The zero-order valence-electron chi connectivity index (χ0n) is 10.2. The van der Waals surface area contributed by atoms with Gasteiger partial charge in [-0.1, -0.05) is 6.07 Å². The first-order valence-corrected chi connectivity index (χ1v) is 5.92. The van der Waals surface area contributed by atoms with Crippen LogP contribution < -0.4 is 5.32 Å². The highest BCUT2D eigenvalue weighted by atomic mass is 16.4. The van der Waals surface area contributed by atoms with Crippen molar-refractivity contribution in [3.63, 3.8) is 0 Å². The lowest BCUT2D eigenvalue weighted by atomic mass is 9.95.